The molecule has 1 aromatic rings. The average Bonchev–Trinajstić information content (AvgIpc) is 2.29. The van der Waals surface area contributed by atoms with Crippen LogP contribution in [0.5, 0.6) is 5.75 Å². The molecule has 2 N–H and O–H groups in total. The molecule has 0 fully saturated rings. The topological polar surface area (TPSA) is 35.2 Å². The fourth-order valence-corrected chi connectivity index (χ4v) is 2.93. The molecule has 2 rings (SSSR count). The Labute approximate surface area is 114 Å². The van der Waals surface area contributed by atoms with Crippen molar-refractivity contribution in [1.29, 1.82) is 0 Å². The van der Waals surface area contributed by atoms with Crippen LogP contribution in [0.4, 0.5) is 0 Å². The Morgan fingerprint density at radius 3 is 2.78 bits per heavy atom. The summed E-state index contributed by atoms with van der Waals surface area (Å²) < 4.78 is 6.08. The summed E-state index contributed by atoms with van der Waals surface area (Å²) in [5, 5.41) is 0.724. The Bertz CT molecular complexity index is 419. The lowest BCUT2D eigenvalue weighted by Crippen LogP contribution is -2.34. The summed E-state index contributed by atoms with van der Waals surface area (Å²) in [6.45, 7) is 6.73. The second kappa shape index (κ2) is 5.50. The van der Waals surface area contributed by atoms with Crippen LogP contribution < -0.4 is 10.5 Å². The van der Waals surface area contributed by atoms with E-state index in [1.807, 2.05) is 18.2 Å². The molecule has 0 aromatic heterocycles. The van der Waals surface area contributed by atoms with Gasteiger partial charge in [0.05, 0.1) is 0 Å². The molecule has 0 saturated heterocycles. The summed E-state index contributed by atoms with van der Waals surface area (Å²) in [6, 6.07) is 5.76. The molecule has 18 heavy (non-hydrogen) atoms. The van der Waals surface area contributed by atoms with Gasteiger partial charge in [-0.1, -0.05) is 32.4 Å². The molecule has 3 atom stereocenters. The normalized spacial score (nSPS) is 24.6. The number of ether oxygens (including phenoxy) is 1. The zero-order chi connectivity index (χ0) is 13.3. The number of nitrogens with two attached hydrogens (primary N) is 1. The minimum Gasteiger partial charge on any atom is -0.490 e. The van der Waals surface area contributed by atoms with Gasteiger partial charge in [-0.15, -0.1) is 0 Å². The molecule has 0 radical (unpaired) electrons. The number of rotatable bonds is 3. The van der Waals surface area contributed by atoms with Crippen LogP contribution in [0.2, 0.25) is 5.02 Å². The van der Waals surface area contributed by atoms with Crippen molar-refractivity contribution in [3.05, 3.63) is 28.8 Å². The average molecular weight is 268 g/mol. The molecule has 2 nitrogen and oxygen atoms in total. The first-order valence-corrected chi connectivity index (χ1v) is 7.07. The Morgan fingerprint density at radius 1 is 1.39 bits per heavy atom. The maximum atomic E-state index is 6.24. The van der Waals surface area contributed by atoms with E-state index in [0.29, 0.717) is 11.8 Å². The molecule has 1 aliphatic heterocycles. The summed E-state index contributed by atoms with van der Waals surface area (Å²) in [6.07, 6.45) is 2.26. The number of benzene rings is 1. The van der Waals surface area contributed by atoms with Gasteiger partial charge in [-0.25, -0.2) is 0 Å². The van der Waals surface area contributed by atoms with Crippen LogP contribution in [0.25, 0.3) is 0 Å². The van der Waals surface area contributed by atoms with Crippen molar-refractivity contribution in [2.75, 3.05) is 0 Å². The standard InChI is InChI=1S/C15H22ClNO/c1-9(2)6-10(3)15-8-13(17)12-7-11(16)4-5-14(12)18-15/h4-5,7,9-10,13,15H,6,8,17H2,1-3H3/t10?,13-,15?/m1/s1. The van der Waals surface area contributed by atoms with Crippen LogP contribution in [0.1, 0.15) is 45.2 Å². The van der Waals surface area contributed by atoms with Crippen molar-refractivity contribution in [2.24, 2.45) is 17.6 Å². The number of halogens is 1. The third-order valence-electron chi connectivity index (χ3n) is 3.61. The van der Waals surface area contributed by atoms with Crippen LogP contribution in [-0.2, 0) is 0 Å². The molecule has 3 heteroatoms. The summed E-state index contributed by atoms with van der Waals surface area (Å²) in [5.74, 6) is 2.12. The first-order chi connectivity index (χ1) is 8.47. The summed E-state index contributed by atoms with van der Waals surface area (Å²) in [4.78, 5) is 0. The van der Waals surface area contributed by atoms with Gasteiger partial charge in [-0.3, -0.25) is 0 Å². The molecule has 0 saturated carbocycles. The first-order valence-electron chi connectivity index (χ1n) is 6.69. The van der Waals surface area contributed by atoms with Gasteiger partial charge in [0.1, 0.15) is 11.9 Å². The first kappa shape index (κ1) is 13.7. The highest BCUT2D eigenvalue weighted by Gasteiger charge is 2.30. The van der Waals surface area contributed by atoms with Gasteiger partial charge in [0.25, 0.3) is 0 Å². The molecule has 1 aliphatic rings. The van der Waals surface area contributed by atoms with Crippen LogP contribution in [-0.4, -0.2) is 6.10 Å². The Morgan fingerprint density at radius 2 is 2.11 bits per heavy atom. The Balaban J connectivity index is 2.15. The maximum absolute atomic E-state index is 6.24. The molecule has 100 valence electrons. The van der Waals surface area contributed by atoms with Gasteiger partial charge in [0.2, 0.25) is 0 Å². The van der Waals surface area contributed by atoms with Gasteiger partial charge in [-0.2, -0.15) is 0 Å². The predicted octanol–water partition coefficient (Wildman–Crippen LogP) is 4.17. The van der Waals surface area contributed by atoms with Gasteiger partial charge in [0, 0.05) is 23.0 Å². The van der Waals surface area contributed by atoms with E-state index in [1.54, 1.807) is 0 Å². The van der Waals surface area contributed by atoms with E-state index in [-0.39, 0.29) is 12.1 Å². The van der Waals surface area contributed by atoms with Crippen LogP contribution in [0.3, 0.4) is 0 Å². The maximum Gasteiger partial charge on any atom is 0.124 e. The van der Waals surface area contributed by atoms with Crippen molar-refractivity contribution in [3.63, 3.8) is 0 Å². The van der Waals surface area contributed by atoms with E-state index in [9.17, 15) is 0 Å². The van der Waals surface area contributed by atoms with Crippen molar-refractivity contribution in [1.82, 2.24) is 0 Å². The van der Waals surface area contributed by atoms with Gasteiger partial charge < -0.3 is 10.5 Å². The fraction of sp³-hybridized carbons (Fsp3) is 0.600. The molecule has 1 heterocycles. The summed E-state index contributed by atoms with van der Waals surface area (Å²) >= 11 is 6.00. The Hall–Kier alpha value is -0.730. The lowest BCUT2D eigenvalue weighted by atomic mass is 9.87. The zero-order valence-electron chi connectivity index (χ0n) is 11.3. The molecular formula is C15H22ClNO. The molecule has 0 amide bonds. The van der Waals surface area contributed by atoms with Crippen LogP contribution in [0, 0.1) is 11.8 Å². The van der Waals surface area contributed by atoms with E-state index < -0.39 is 0 Å². The van der Waals surface area contributed by atoms with Crippen molar-refractivity contribution in [3.8, 4) is 5.75 Å². The van der Waals surface area contributed by atoms with E-state index in [2.05, 4.69) is 20.8 Å². The van der Waals surface area contributed by atoms with Gasteiger partial charge in [-0.05, 0) is 36.5 Å². The third kappa shape index (κ3) is 2.99. The molecule has 2 unspecified atom stereocenters. The van der Waals surface area contributed by atoms with Gasteiger partial charge >= 0.3 is 0 Å². The predicted molar refractivity (Wildman–Crippen MR) is 76.0 cm³/mol. The second-order valence-corrected chi connectivity index (χ2v) is 6.22. The minimum atomic E-state index is 0.0343. The highest BCUT2D eigenvalue weighted by molar-refractivity contribution is 6.30. The smallest absolute Gasteiger partial charge is 0.124 e. The monoisotopic (exact) mass is 267 g/mol. The largest absolute Gasteiger partial charge is 0.490 e. The lowest BCUT2D eigenvalue weighted by Gasteiger charge is -2.34. The van der Waals surface area contributed by atoms with E-state index in [0.717, 1.165) is 22.8 Å². The molecule has 0 bridgehead atoms. The number of hydrogen-bond donors (Lipinski definition) is 1. The summed E-state index contributed by atoms with van der Waals surface area (Å²) in [5.41, 5.74) is 7.27. The second-order valence-electron chi connectivity index (χ2n) is 5.79. The van der Waals surface area contributed by atoms with Crippen molar-refractivity contribution < 1.29 is 4.74 Å². The van der Waals surface area contributed by atoms with Crippen LogP contribution >= 0.6 is 11.6 Å². The molecule has 0 spiro atoms. The number of hydrogen-bond acceptors (Lipinski definition) is 2. The van der Waals surface area contributed by atoms with Crippen molar-refractivity contribution >= 4 is 11.6 Å². The minimum absolute atomic E-state index is 0.0343. The van der Waals surface area contributed by atoms with Gasteiger partial charge in [0.15, 0.2) is 0 Å². The van der Waals surface area contributed by atoms with E-state index in [4.69, 9.17) is 22.1 Å². The zero-order valence-corrected chi connectivity index (χ0v) is 12.1. The quantitative estimate of drug-likeness (QED) is 0.892. The molecule has 0 aliphatic carbocycles. The lowest BCUT2D eigenvalue weighted by molar-refractivity contribution is 0.0963. The number of fused-ring (bicyclic) bond motifs is 1. The molecular weight excluding hydrogens is 246 g/mol. The summed E-state index contributed by atoms with van der Waals surface area (Å²) in [7, 11) is 0. The highest BCUT2D eigenvalue weighted by Crippen LogP contribution is 2.38. The van der Waals surface area contributed by atoms with Crippen LogP contribution in [0.15, 0.2) is 18.2 Å². The third-order valence-corrected chi connectivity index (χ3v) is 3.85. The van der Waals surface area contributed by atoms with Crippen molar-refractivity contribution in [2.45, 2.75) is 45.8 Å². The van der Waals surface area contributed by atoms with E-state index >= 15 is 0 Å². The Kier molecular flexibility index (Phi) is 4.18. The SMILES string of the molecule is CC(C)CC(C)C1C[C@@H](N)c2cc(Cl)ccc2O1. The highest BCUT2D eigenvalue weighted by atomic mass is 35.5. The van der Waals surface area contributed by atoms with E-state index in [1.165, 1.54) is 6.42 Å². The molecule has 1 aromatic carbocycles. The fourth-order valence-electron chi connectivity index (χ4n) is 2.75.